The number of hydrogen-bond acceptors (Lipinski definition) is 5. The predicted molar refractivity (Wildman–Crippen MR) is 118 cm³/mol. The molecule has 0 amide bonds. The second-order valence-corrected chi connectivity index (χ2v) is 8.64. The lowest BCUT2D eigenvalue weighted by Crippen LogP contribution is -2.31. The van der Waals surface area contributed by atoms with E-state index in [0.29, 0.717) is 18.2 Å². The zero-order valence-corrected chi connectivity index (χ0v) is 18.8. The average molecular weight is 415 g/mol. The maximum absolute atomic E-state index is 12.6. The maximum atomic E-state index is 12.6. The molecule has 0 N–H and O–H groups in total. The minimum absolute atomic E-state index is 0.128. The molecule has 5 nitrogen and oxygen atoms in total. The van der Waals surface area contributed by atoms with Gasteiger partial charge in [0.2, 0.25) is 5.88 Å². The zero-order valence-electron chi connectivity index (χ0n) is 18.8. The van der Waals surface area contributed by atoms with Crippen molar-refractivity contribution < 1.29 is 14.3 Å². The largest absolute Gasteiger partial charge is 0.478 e. The Hall–Kier alpha value is -2.09. The number of nitriles is 1. The standard InChI is InChI=1S/C25H38N2O3/c1-3-5-7-8-9-15-25(20-26)16-13-21(14-17-25)24(28)30-22-11-12-23(27-19-22)29-18-10-6-4-2/h11-12,19,21H,3-10,13-18H2,1-2H3/t21-,25-. The third-order valence-corrected chi connectivity index (χ3v) is 6.20. The minimum Gasteiger partial charge on any atom is -0.478 e. The SMILES string of the molecule is CCCCCCC[C@]1(C#N)CC[C@H](C(=O)Oc2ccc(OCCCCC)nc2)CC1. The van der Waals surface area contributed by atoms with Crippen molar-refractivity contribution in [1.82, 2.24) is 4.98 Å². The van der Waals surface area contributed by atoms with E-state index in [1.165, 1.54) is 25.7 Å². The highest BCUT2D eigenvalue weighted by atomic mass is 16.5. The summed E-state index contributed by atoms with van der Waals surface area (Å²) in [5.41, 5.74) is -0.249. The molecule has 0 aromatic carbocycles. The van der Waals surface area contributed by atoms with Crippen molar-refractivity contribution in [3.8, 4) is 17.7 Å². The highest BCUT2D eigenvalue weighted by molar-refractivity contribution is 5.75. The van der Waals surface area contributed by atoms with Crippen molar-refractivity contribution in [3.05, 3.63) is 18.3 Å². The van der Waals surface area contributed by atoms with E-state index in [1.807, 2.05) is 0 Å². The third kappa shape index (κ3) is 7.97. The summed E-state index contributed by atoms with van der Waals surface area (Å²) in [5.74, 6) is 0.676. The Balaban J connectivity index is 1.74. The summed E-state index contributed by atoms with van der Waals surface area (Å²) in [7, 11) is 0. The number of ether oxygens (including phenoxy) is 2. The summed E-state index contributed by atoms with van der Waals surface area (Å²) in [6, 6.07) is 6.05. The quantitative estimate of drug-likeness (QED) is 0.268. The number of unbranched alkanes of at least 4 members (excludes halogenated alkanes) is 6. The molecule has 0 bridgehead atoms. The van der Waals surface area contributed by atoms with E-state index in [2.05, 4.69) is 24.9 Å². The number of nitrogens with zero attached hydrogens (tertiary/aromatic N) is 2. The number of aromatic nitrogens is 1. The number of carbonyl (C=O) groups excluding carboxylic acids is 1. The number of hydrogen-bond donors (Lipinski definition) is 0. The molecule has 1 aliphatic rings. The Morgan fingerprint density at radius 1 is 1.10 bits per heavy atom. The number of esters is 1. The first kappa shape index (κ1) is 24.2. The highest BCUT2D eigenvalue weighted by Crippen LogP contribution is 2.42. The lowest BCUT2D eigenvalue weighted by atomic mass is 9.69. The maximum Gasteiger partial charge on any atom is 0.314 e. The smallest absolute Gasteiger partial charge is 0.314 e. The van der Waals surface area contributed by atoms with Crippen LogP contribution in [0.5, 0.6) is 11.6 Å². The zero-order chi connectivity index (χ0) is 21.7. The predicted octanol–water partition coefficient (Wildman–Crippen LogP) is 6.62. The fraction of sp³-hybridized carbons (Fsp3) is 0.720. The van der Waals surface area contributed by atoms with E-state index in [-0.39, 0.29) is 17.3 Å². The highest BCUT2D eigenvalue weighted by Gasteiger charge is 2.37. The van der Waals surface area contributed by atoms with Gasteiger partial charge in [-0.25, -0.2) is 4.98 Å². The summed E-state index contributed by atoms with van der Waals surface area (Å²) >= 11 is 0. The van der Waals surface area contributed by atoms with Crippen molar-refractivity contribution in [2.75, 3.05) is 6.61 Å². The molecule has 0 radical (unpaired) electrons. The van der Waals surface area contributed by atoms with E-state index >= 15 is 0 Å². The van der Waals surface area contributed by atoms with Crippen molar-refractivity contribution in [2.24, 2.45) is 11.3 Å². The molecule has 1 heterocycles. The van der Waals surface area contributed by atoms with Gasteiger partial charge in [0.05, 0.1) is 30.2 Å². The van der Waals surface area contributed by atoms with Crippen LogP contribution in [0.1, 0.15) is 97.3 Å². The van der Waals surface area contributed by atoms with Crippen LogP contribution in [0.25, 0.3) is 0 Å². The Kier molecular flexibility index (Phi) is 10.7. The van der Waals surface area contributed by atoms with Gasteiger partial charge in [-0.3, -0.25) is 4.79 Å². The van der Waals surface area contributed by atoms with Gasteiger partial charge in [-0.15, -0.1) is 0 Å². The summed E-state index contributed by atoms with van der Waals surface area (Å²) in [6.07, 6.45) is 14.9. The van der Waals surface area contributed by atoms with Gasteiger partial charge in [0, 0.05) is 6.07 Å². The molecular weight excluding hydrogens is 376 g/mol. The fourth-order valence-electron chi connectivity index (χ4n) is 4.13. The van der Waals surface area contributed by atoms with Crippen molar-refractivity contribution in [3.63, 3.8) is 0 Å². The summed E-state index contributed by atoms with van der Waals surface area (Å²) < 4.78 is 11.1. The van der Waals surface area contributed by atoms with Gasteiger partial charge in [-0.05, 0) is 44.6 Å². The first-order chi connectivity index (χ1) is 14.6. The van der Waals surface area contributed by atoms with Gasteiger partial charge < -0.3 is 9.47 Å². The van der Waals surface area contributed by atoms with Crippen LogP contribution in [0, 0.1) is 22.7 Å². The van der Waals surface area contributed by atoms with Crippen LogP contribution >= 0.6 is 0 Å². The fourth-order valence-corrected chi connectivity index (χ4v) is 4.13. The monoisotopic (exact) mass is 414 g/mol. The molecule has 0 atom stereocenters. The van der Waals surface area contributed by atoms with Crippen LogP contribution in [0.3, 0.4) is 0 Å². The van der Waals surface area contributed by atoms with Crippen LogP contribution in [-0.2, 0) is 4.79 Å². The molecule has 1 aromatic rings. The van der Waals surface area contributed by atoms with Crippen molar-refractivity contribution in [1.29, 1.82) is 5.26 Å². The summed E-state index contributed by atoms with van der Waals surface area (Å²) in [6.45, 7) is 5.02. The number of rotatable bonds is 13. The molecule has 0 spiro atoms. The Morgan fingerprint density at radius 2 is 1.80 bits per heavy atom. The second kappa shape index (κ2) is 13.3. The third-order valence-electron chi connectivity index (χ3n) is 6.20. The Bertz CT molecular complexity index is 658. The molecule has 166 valence electrons. The van der Waals surface area contributed by atoms with Crippen LogP contribution in [-0.4, -0.2) is 17.6 Å². The van der Waals surface area contributed by atoms with Crippen LogP contribution in [0.2, 0.25) is 0 Å². The lowest BCUT2D eigenvalue weighted by molar-refractivity contribution is -0.140. The molecule has 5 heteroatoms. The molecule has 1 aliphatic carbocycles. The Morgan fingerprint density at radius 3 is 2.43 bits per heavy atom. The van der Waals surface area contributed by atoms with E-state index in [1.54, 1.807) is 18.3 Å². The minimum atomic E-state index is -0.249. The van der Waals surface area contributed by atoms with Gasteiger partial charge in [0.15, 0.2) is 0 Å². The van der Waals surface area contributed by atoms with E-state index in [0.717, 1.165) is 57.8 Å². The van der Waals surface area contributed by atoms with Gasteiger partial charge >= 0.3 is 5.97 Å². The average Bonchev–Trinajstić information content (AvgIpc) is 2.78. The molecule has 0 unspecified atom stereocenters. The molecule has 0 aliphatic heterocycles. The second-order valence-electron chi connectivity index (χ2n) is 8.64. The normalized spacial score (nSPS) is 21.0. The first-order valence-corrected chi connectivity index (χ1v) is 11.8. The van der Waals surface area contributed by atoms with Crippen LogP contribution < -0.4 is 9.47 Å². The first-order valence-electron chi connectivity index (χ1n) is 11.8. The molecule has 30 heavy (non-hydrogen) atoms. The number of carbonyl (C=O) groups is 1. The molecule has 2 rings (SSSR count). The molecule has 1 aromatic heterocycles. The Labute approximate surface area is 182 Å². The van der Waals surface area contributed by atoms with Gasteiger partial charge in [-0.2, -0.15) is 5.26 Å². The van der Waals surface area contributed by atoms with Gasteiger partial charge in [0.25, 0.3) is 0 Å². The molecule has 1 saturated carbocycles. The molecule has 0 saturated heterocycles. The van der Waals surface area contributed by atoms with Gasteiger partial charge in [-0.1, -0.05) is 58.8 Å². The molecule has 1 fully saturated rings. The van der Waals surface area contributed by atoms with Crippen LogP contribution in [0.4, 0.5) is 0 Å². The van der Waals surface area contributed by atoms with Crippen molar-refractivity contribution in [2.45, 2.75) is 97.3 Å². The van der Waals surface area contributed by atoms with E-state index in [4.69, 9.17) is 9.47 Å². The molecular formula is C25H38N2O3. The van der Waals surface area contributed by atoms with E-state index < -0.39 is 0 Å². The summed E-state index contributed by atoms with van der Waals surface area (Å²) in [4.78, 5) is 16.8. The topological polar surface area (TPSA) is 72.2 Å². The van der Waals surface area contributed by atoms with Crippen LogP contribution in [0.15, 0.2) is 18.3 Å². The van der Waals surface area contributed by atoms with Gasteiger partial charge in [0.1, 0.15) is 5.75 Å². The van der Waals surface area contributed by atoms with Crippen molar-refractivity contribution >= 4 is 5.97 Å². The summed E-state index contributed by atoms with van der Waals surface area (Å²) in [5, 5.41) is 9.74. The lowest BCUT2D eigenvalue weighted by Gasteiger charge is -2.34. The number of pyridine rings is 1. The van der Waals surface area contributed by atoms with E-state index in [9.17, 15) is 10.1 Å².